The first kappa shape index (κ1) is 13.3. The number of ether oxygens (including phenoxy) is 1. The van der Waals surface area contributed by atoms with Crippen LogP contribution in [0.25, 0.3) is 10.2 Å². The molecule has 0 spiro atoms. The summed E-state index contributed by atoms with van der Waals surface area (Å²) in [6.07, 6.45) is 1.69. The lowest BCUT2D eigenvalue weighted by Crippen LogP contribution is -1.99. The molecule has 18 heavy (non-hydrogen) atoms. The number of thiazole rings is 1. The third-order valence-corrected chi connectivity index (χ3v) is 3.60. The van der Waals surface area contributed by atoms with E-state index < -0.39 is 0 Å². The van der Waals surface area contributed by atoms with Crippen LogP contribution in [0.3, 0.4) is 0 Å². The van der Waals surface area contributed by atoms with Crippen molar-refractivity contribution < 1.29 is 9.84 Å². The molecule has 1 aromatic carbocycles. The molecule has 0 atom stereocenters. The van der Waals surface area contributed by atoms with Crippen LogP contribution in [0, 0.1) is 5.92 Å². The molecule has 4 heteroatoms. The molecular weight excluding hydrogens is 246 g/mol. The first-order valence-electron chi connectivity index (χ1n) is 6.32. The van der Waals surface area contributed by atoms with Gasteiger partial charge in [-0.3, -0.25) is 0 Å². The van der Waals surface area contributed by atoms with Crippen LogP contribution >= 0.6 is 11.3 Å². The average Bonchev–Trinajstić information content (AvgIpc) is 2.69. The fourth-order valence-electron chi connectivity index (χ4n) is 1.73. The summed E-state index contributed by atoms with van der Waals surface area (Å²) in [5, 5.41) is 9.90. The van der Waals surface area contributed by atoms with Gasteiger partial charge in [-0.25, -0.2) is 4.98 Å². The Morgan fingerprint density at radius 3 is 2.94 bits per heavy atom. The van der Waals surface area contributed by atoms with E-state index in [9.17, 15) is 0 Å². The van der Waals surface area contributed by atoms with Crippen molar-refractivity contribution in [3.05, 3.63) is 23.2 Å². The lowest BCUT2D eigenvalue weighted by Gasteiger charge is -2.03. The predicted molar refractivity (Wildman–Crippen MR) is 75.4 cm³/mol. The van der Waals surface area contributed by atoms with E-state index in [2.05, 4.69) is 18.8 Å². The zero-order valence-electron chi connectivity index (χ0n) is 10.8. The van der Waals surface area contributed by atoms with Crippen LogP contribution in [0.1, 0.15) is 25.3 Å². The van der Waals surface area contributed by atoms with Crippen molar-refractivity contribution in [3.8, 4) is 5.75 Å². The average molecular weight is 265 g/mol. The van der Waals surface area contributed by atoms with E-state index in [0.29, 0.717) is 18.9 Å². The largest absolute Gasteiger partial charge is 0.493 e. The van der Waals surface area contributed by atoms with E-state index in [4.69, 9.17) is 9.84 Å². The summed E-state index contributed by atoms with van der Waals surface area (Å²) in [5.74, 6) is 1.49. The molecule has 2 rings (SSSR count). The van der Waals surface area contributed by atoms with Crippen molar-refractivity contribution in [3.63, 3.8) is 0 Å². The highest BCUT2D eigenvalue weighted by atomic mass is 32.1. The van der Waals surface area contributed by atoms with Gasteiger partial charge in [0.05, 0.1) is 21.8 Å². The van der Waals surface area contributed by atoms with Crippen LogP contribution in [0.4, 0.5) is 0 Å². The van der Waals surface area contributed by atoms with E-state index in [1.807, 2.05) is 18.2 Å². The minimum Gasteiger partial charge on any atom is -0.493 e. The van der Waals surface area contributed by atoms with Crippen molar-refractivity contribution >= 4 is 21.6 Å². The van der Waals surface area contributed by atoms with E-state index in [1.165, 1.54) is 9.71 Å². The molecule has 0 saturated carbocycles. The molecule has 0 radical (unpaired) electrons. The summed E-state index contributed by atoms with van der Waals surface area (Å²) in [4.78, 5) is 4.61. The molecule has 98 valence electrons. The molecule has 0 aliphatic carbocycles. The maximum atomic E-state index is 8.72. The predicted octanol–water partition coefficient (Wildman–Crippen LogP) is 3.26. The maximum Gasteiger partial charge on any atom is 0.120 e. The lowest BCUT2D eigenvalue weighted by atomic mass is 10.1. The zero-order valence-corrected chi connectivity index (χ0v) is 11.7. The van der Waals surface area contributed by atoms with Gasteiger partial charge in [0, 0.05) is 19.4 Å². The van der Waals surface area contributed by atoms with Gasteiger partial charge in [0.1, 0.15) is 5.75 Å². The second kappa shape index (κ2) is 6.16. The minimum atomic E-state index is 0.168. The number of nitrogens with zero attached hydrogens (tertiary/aromatic N) is 1. The number of hydrogen-bond acceptors (Lipinski definition) is 4. The minimum absolute atomic E-state index is 0.168. The van der Waals surface area contributed by atoms with Crippen LogP contribution in [-0.4, -0.2) is 23.3 Å². The molecule has 0 unspecified atom stereocenters. The molecule has 2 aromatic rings. The molecule has 1 aromatic heterocycles. The van der Waals surface area contributed by atoms with Gasteiger partial charge in [-0.15, -0.1) is 11.3 Å². The van der Waals surface area contributed by atoms with E-state index in [-0.39, 0.29) is 6.61 Å². The van der Waals surface area contributed by atoms with Crippen LogP contribution in [-0.2, 0) is 6.42 Å². The van der Waals surface area contributed by atoms with E-state index in [1.54, 1.807) is 11.3 Å². The summed E-state index contributed by atoms with van der Waals surface area (Å²) >= 11 is 1.74. The molecule has 1 N–H and O–H groups in total. The molecule has 0 amide bonds. The summed E-state index contributed by atoms with van der Waals surface area (Å²) in [6, 6.07) is 5.98. The highest BCUT2D eigenvalue weighted by Crippen LogP contribution is 2.27. The Bertz CT molecular complexity index is 507. The Morgan fingerprint density at radius 1 is 1.39 bits per heavy atom. The third-order valence-electron chi connectivity index (χ3n) is 2.56. The first-order valence-corrected chi connectivity index (χ1v) is 7.14. The van der Waals surface area contributed by atoms with Crippen molar-refractivity contribution in [2.75, 3.05) is 13.2 Å². The highest BCUT2D eigenvalue weighted by Gasteiger charge is 2.06. The Morgan fingerprint density at radius 2 is 2.22 bits per heavy atom. The Kier molecular flexibility index (Phi) is 4.55. The first-order chi connectivity index (χ1) is 8.69. The van der Waals surface area contributed by atoms with Crippen LogP contribution in [0.15, 0.2) is 18.2 Å². The van der Waals surface area contributed by atoms with Gasteiger partial charge in [-0.05, 0) is 24.1 Å². The molecule has 0 fully saturated rings. The standard InChI is InChI=1S/C14H19NO2S/c1-10(2)8-14-15-12-5-4-11(9-13(12)18-14)17-7-3-6-16/h4-5,9-10,16H,3,6-8H2,1-2H3. The van der Waals surface area contributed by atoms with Gasteiger partial charge in [0.2, 0.25) is 0 Å². The Labute approximate surface area is 111 Å². The topological polar surface area (TPSA) is 42.4 Å². The number of benzene rings is 1. The number of hydrogen-bond donors (Lipinski definition) is 1. The lowest BCUT2D eigenvalue weighted by molar-refractivity contribution is 0.234. The monoisotopic (exact) mass is 265 g/mol. The number of fused-ring (bicyclic) bond motifs is 1. The fraction of sp³-hybridized carbons (Fsp3) is 0.500. The smallest absolute Gasteiger partial charge is 0.120 e. The normalized spacial score (nSPS) is 11.3. The van der Waals surface area contributed by atoms with Gasteiger partial charge in [0.25, 0.3) is 0 Å². The summed E-state index contributed by atoms with van der Waals surface area (Å²) in [7, 11) is 0. The third kappa shape index (κ3) is 3.43. The van der Waals surface area contributed by atoms with Crippen LogP contribution in [0.2, 0.25) is 0 Å². The zero-order chi connectivity index (χ0) is 13.0. The van der Waals surface area contributed by atoms with Gasteiger partial charge in [-0.2, -0.15) is 0 Å². The highest BCUT2D eigenvalue weighted by molar-refractivity contribution is 7.18. The quantitative estimate of drug-likeness (QED) is 0.815. The molecule has 0 saturated heterocycles. The van der Waals surface area contributed by atoms with Gasteiger partial charge in [-0.1, -0.05) is 13.8 Å². The Balaban J connectivity index is 2.12. The Hall–Kier alpha value is -1.13. The molecule has 0 aliphatic rings. The van der Waals surface area contributed by atoms with E-state index in [0.717, 1.165) is 17.7 Å². The van der Waals surface area contributed by atoms with Gasteiger partial charge >= 0.3 is 0 Å². The van der Waals surface area contributed by atoms with Crippen molar-refractivity contribution in [2.45, 2.75) is 26.7 Å². The summed E-state index contributed by atoms with van der Waals surface area (Å²) in [5.41, 5.74) is 1.05. The van der Waals surface area contributed by atoms with Crippen LogP contribution < -0.4 is 4.74 Å². The molecule has 0 bridgehead atoms. The van der Waals surface area contributed by atoms with Gasteiger partial charge < -0.3 is 9.84 Å². The van der Waals surface area contributed by atoms with Crippen molar-refractivity contribution in [1.29, 1.82) is 0 Å². The number of aliphatic hydroxyl groups is 1. The van der Waals surface area contributed by atoms with Crippen LogP contribution in [0.5, 0.6) is 5.75 Å². The van der Waals surface area contributed by atoms with E-state index >= 15 is 0 Å². The summed E-state index contributed by atoms with van der Waals surface area (Å²) < 4.78 is 6.74. The fourth-order valence-corrected chi connectivity index (χ4v) is 2.94. The SMILES string of the molecule is CC(C)Cc1nc2ccc(OCCCO)cc2s1. The second-order valence-corrected chi connectivity index (χ2v) is 5.88. The number of aliphatic hydroxyl groups excluding tert-OH is 1. The molecular formula is C14H19NO2S. The van der Waals surface area contributed by atoms with Gasteiger partial charge in [0.15, 0.2) is 0 Å². The number of rotatable bonds is 6. The molecule has 0 aliphatic heterocycles. The van der Waals surface area contributed by atoms with Crippen molar-refractivity contribution in [2.24, 2.45) is 5.92 Å². The molecule has 3 nitrogen and oxygen atoms in total. The maximum absolute atomic E-state index is 8.72. The number of aromatic nitrogens is 1. The van der Waals surface area contributed by atoms with Crippen molar-refractivity contribution in [1.82, 2.24) is 4.98 Å². The second-order valence-electron chi connectivity index (χ2n) is 4.76. The summed E-state index contributed by atoms with van der Waals surface area (Å²) in [6.45, 7) is 5.13. The molecule has 1 heterocycles.